The summed E-state index contributed by atoms with van der Waals surface area (Å²) in [5.74, 6) is 0.531. The first kappa shape index (κ1) is 8.52. The van der Waals surface area contributed by atoms with Gasteiger partial charge in [-0.15, -0.1) is 0 Å². The number of nitrogens with zero attached hydrogens (tertiary/aromatic N) is 1. The summed E-state index contributed by atoms with van der Waals surface area (Å²) < 4.78 is 5.13. The maximum Gasteiger partial charge on any atom is 0.213 e. The van der Waals surface area contributed by atoms with Crippen molar-refractivity contribution in [1.82, 2.24) is 4.98 Å². The minimum atomic E-state index is 0.0263. The van der Waals surface area contributed by atoms with Crippen molar-refractivity contribution in [2.45, 2.75) is 6.92 Å². The number of aromatic nitrogens is 1. The predicted octanol–water partition coefficient (Wildman–Crippen LogP) is 0.764. The standard InChI is InChI=1S/C8H11N3O/c1-2-12-7-5-6(8(9)10)3-4-11-7/h3-5H,2H2,1H3,(H3,9,10). The van der Waals surface area contributed by atoms with Gasteiger partial charge in [0.2, 0.25) is 5.88 Å². The minimum Gasteiger partial charge on any atom is -0.478 e. The van der Waals surface area contributed by atoms with Crippen molar-refractivity contribution >= 4 is 5.84 Å². The van der Waals surface area contributed by atoms with E-state index in [2.05, 4.69) is 4.98 Å². The van der Waals surface area contributed by atoms with Crippen molar-refractivity contribution in [2.75, 3.05) is 6.61 Å². The summed E-state index contributed by atoms with van der Waals surface area (Å²) in [6, 6.07) is 3.32. The lowest BCUT2D eigenvalue weighted by Crippen LogP contribution is -2.11. The van der Waals surface area contributed by atoms with Crippen molar-refractivity contribution in [3.63, 3.8) is 0 Å². The molecule has 0 aliphatic rings. The quantitative estimate of drug-likeness (QED) is 0.513. The third-order valence-electron chi connectivity index (χ3n) is 1.34. The van der Waals surface area contributed by atoms with Crippen molar-refractivity contribution in [3.05, 3.63) is 23.9 Å². The SMILES string of the molecule is CCOc1cc(C(=N)N)ccn1. The highest BCUT2D eigenvalue weighted by atomic mass is 16.5. The number of nitrogens with one attached hydrogen (secondary N) is 1. The van der Waals surface area contributed by atoms with Gasteiger partial charge in [-0.25, -0.2) is 4.98 Å². The summed E-state index contributed by atoms with van der Waals surface area (Å²) in [7, 11) is 0. The molecule has 1 rings (SSSR count). The number of amidine groups is 1. The van der Waals surface area contributed by atoms with Gasteiger partial charge in [0.15, 0.2) is 0 Å². The summed E-state index contributed by atoms with van der Waals surface area (Å²) in [6.45, 7) is 2.44. The lowest BCUT2D eigenvalue weighted by atomic mass is 10.2. The van der Waals surface area contributed by atoms with Crippen LogP contribution in [0.15, 0.2) is 18.3 Å². The van der Waals surface area contributed by atoms with Crippen LogP contribution in [0.4, 0.5) is 0 Å². The van der Waals surface area contributed by atoms with Gasteiger partial charge in [-0.2, -0.15) is 0 Å². The maximum absolute atomic E-state index is 7.16. The molecule has 1 heterocycles. The topological polar surface area (TPSA) is 72.0 Å². The van der Waals surface area contributed by atoms with Crippen LogP contribution >= 0.6 is 0 Å². The molecule has 0 fully saturated rings. The fourth-order valence-electron chi connectivity index (χ4n) is 0.804. The van der Waals surface area contributed by atoms with Gasteiger partial charge < -0.3 is 10.5 Å². The zero-order chi connectivity index (χ0) is 8.97. The fraction of sp³-hybridized carbons (Fsp3) is 0.250. The Morgan fingerprint density at radius 2 is 2.50 bits per heavy atom. The molecule has 0 saturated heterocycles. The highest BCUT2D eigenvalue weighted by molar-refractivity contribution is 5.95. The number of nitrogens with two attached hydrogens (primary N) is 1. The van der Waals surface area contributed by atoms with E-state index in [0.29, 0.717) is 18.1 Å². The van der Waals surface area contributed by atoms with E-state index in [1.54, 1.807) is 18.3 Å². The van der Waals surface area contributed by atoms with Gasteiger partial charge in [0.1, 0.15) is 5.84 Å². The Labute approximate surface area is 70.9 Å². The monoisotopic (exact) mass is 165 g/mol. The van der Waals surface area contributed by atoms with Crippen LogP contribution in [0.1, 0.15) is 12.5 Å². The Morgan fingerprint density at radius 1 is 1.75 bits per heavy atom. The lowest BCUT2D eigenvalue weighted by Gasteiger charge is -2.02. The number of ether oxygens (including phenoxy) is 1. The first-order valence-electron chi connectivity index (χ1n) is 3.67. The van der Waals surface area contributed by atoms with Crippen LogP contribution in [-0.2, 0) is 0 Å². The molecule has 1 aromatic heterocycles. The number of pyridine rings is 1. The molecular formula is C8H11N3O. The van der Waals surface area contributed by atoms with E-state index in [0.717, 1.165) is 0 Å². The van der Waals surface area contributed by atoms with Crippen molar-refractivity contribution in [1.29, 1.82) is 5.41 Å². The Balaban J connectivity index is 2.88. The summed E-state index contributed by atoms with van der Waals surface area (Å²) >= 11 is 0. The smallest absolute Gasteiger partial charge is 0.213 e. The van der Waals surface area contributed by atoms with Gasteiger partial charge in [-0.1, -0.05) is 0 Å². The molecule has 0 saturated carbocycles. The van der Waals surface area contributed by atoms with Crippen molar-refractivity contribution in [3.8, 4) is 5.88 Å². The van der Waals surface area contributed by atoms with Crippen LogP contribution in [0.2, 0.25) is 0 Å². The van der Waals surface area contributed by atoms with E-state index >= 15 is 0 Å². The van der Waals surface area contributed by atoms with Crippen LogP contribution in [0.3, 0.4) is 0 Å². The molecule has 0 bridgehead atoms. The van der Waals surface area contributed by atoms with Crippen molar-refractivity contribution in [2.24, 2.45) is 5.73 Å². The molecule has 0 amide bonds. The lowest BCUT2D eigenvalue weighted by molar-refractivity contribution is 0.327. The Hall–Kier alpha value is -1.58. The molecule has 0 radical (unpaired) electrons. The predicted molar refractivity (Wildman–Crippen MR) is 46.4 cm³/mol. The normalized spacial score (nSPS) is 9.42. The van der Waals surface area contributed by atoms with E-state index < -0.39 is 0 Å². The minimum absolute atomic E-state index is 0.0263. The molecule has 3 N–H and O–H groups in total. The molecule has 1 aromatic rings. The van der Waals surface area contributed by atoms with Crippen molar-refractivity contribution < 1.29 is 4.74 Å². The summed E-state index contributed by atoms with van der Waals surface area (Å²) in [5.41, 5.74) is 5.91. The molecule has 0 unspecified atom stereocenters. The first-order chi connectivity index (χ1) is 5.74. The van der Waals surface area contributed by atoms with Gasteiger partial charge in [0.05, 0.1) is 6.61 Å². The zero-order valence-corrected chi connectivity index (χ0v) is 6.87. The second-order valence-electron chi connectivity index (χ2n) is 2.23. The van der Waals surface area contributed by atoms with Gasteiger partial charge in [0.25, 0.3) is 0 Å². The first-order valence-corrected chi connectivity index (χ1v) is 3.67. The summed E-state index contributed by atoms with van der Waals surface area (Å²) in [5, 5.41) is 7.16. The number of hydrogen-bond donors (Lipinski definition) is 2. The second-order valence-corrected chi connectivity index (χ2v) is 2.23. The van der Waals surface area contributed by atoms with Gasteiger partial charge in [-0.3, -0.25) is 5.41 Å². The maximum atomic E-state index is 7.16. The highest BCUT2D eigenvalue weighted by Gasteiger charge is 1.98. The van der Waals surface area contributed by atoms with E-state index in [9.17, 15) is 0 Å². The number of nitrogen functional groups attached to an aromatic ring is 1. The van der Waals surface area contributed by atoms with Gasteiger partial charge >= 0.3 is 0 Å². The van der Waals surface area contributed by atoms with Gasteiger partial charge in [-0.05, 0) is 13.0 Å². The third-order valence-corrected chi connectivity index (χ3v) is 1.34. The third kappa shape index (κ3) is 1.95. The van der Waals surface area contributed by atoms with E-state index in [1.165, 1.54) is 0 Å². The Kier molecular flexibility index (Phi) is 2.63. The molecule has 0 aliphatic heterocycles. The van der Waals surface area contributed by atoms with E-state index in [1.807, 2.05) is 6.92 Å². The zero-order valence-electron chi connectivity index (χ0n) is 6.87. The number of hydrogen-bond acceptors (Lipinski definition) is 3. The Bertz CT molecular complexity index is 285. The average molecular weight is 165 g/mol. The highest BCUT2D eigenvalue weighted by Crippen LogP contribution is 2.07. The van der Waals surface area contributed by atoms with E-state index in [4.69, 9.17) is 15.9 Å². The van der Waals surface area contributed by atoms with Crippen LogP contribution in [0, 0.1) is 5.41 Å². The van der Waals surface area contributed by atoms with Crippen LogP contribution in [-0.4, -0.2) is 17.4 Å². The second kappa shape index (κ2) is 3.71. The van der Waals surface area contributed by atoms with Crippen LogP contribution < -0.4 is 10.5 Å². The molecular weight excluding hydrogens is 154 g/mol. The Morgan fingerprint density at radius 3 is 3.08 bits per heavy atom. The van der Waals surface area contributed by atoms with Crippen LogP contribution in [0.25, 0.3) is 0 Å². The fourth-order valence-corrected chi connectivity index (χ4v) is 0.804. The molecule has 0 spiro atoms. The molecule has 4 heteroatoms. The number of rotatable bonds is 3. The molecule has 4 nitrogen and oxygen atoms in total. The molecule has 12 heavy (non-hydrogen) atoms. The molecule has 0 aliphatic carbocycles. The van der Waals surface area contributed by atoms with Crippen LogP contribution in [0.5, 0.6) is 5.88 Å². The molecule has 0 aromatic carbocycles. The summed E-state index contributed by atoms with van der Waals surface area (Å²) in [4.78, 5) is 3.94. The largest absolute Gasteiger partial charge is 0.478 e. The summed E-state index contributed by atoms with van der Waals surface area (Å²) in [6.07, 6.45) is 1.57. The van der Waals surface area contributed by atoms with E-state index in [-0.39, 0.29) is 5.84 Å². The average Bonchev–Trinajstić information content (AvgIpc) is 2.05. The van der Waals surface area contributed by atoms with Gasteiger partial charge in [0, 0.05) is 17.8 Å². The molecule has 64 valence electrons. The molecule has 0 atom stereocenters.